The molecule has 4 rings (SSSR count). The zero-order valence-corrected chi connectivity index (χ0v) is 17.7. The summed E-state index contributed by atoms with van der Waals surface area (Å²) < 4.78 is 13.0. The highest BCUT2D eigenvalue weighted by atomic mass is 32.2. The minimum atomic E-state index is -0.298. The molecule has 0 spiro atoms. The van der Waals surface area contributed by atoms with Gasteiger partial charge in [-0.05, 0) is 36.2 Å². The molecule has 0 saturated carbocycles. The van der Waals surface area contributed by atoms with Gasteiger partial charge in [0, 0.05) is 16.5 Å². The van der Waals surface area contributed by atoms with Crippen LogP contribution in [0.25, 0.3) is 22.6 Å². The molecule has 0 aliphatic heterocycles. The Hall–Kier alpha value is -3.04. The number of anilines is 1. The normalized spacial score (nSPS) is 10.9. The van der Waals surface area contributed by atoms with Gasteiger partial charge in [0.15, 0.2) is 11.0 Å². The third-order valence-corrected chi connectivity index (χ3v) is 5.93. The van der Waals surface area contributed by atoms with Crippen molar-refractivity contribution in [1.29, 1.82) is 0 Å². The molecule has 0 bridgehead atoms. The van der Waals surface area contributed by atoms with Crippen molar-refractivity contribution in [3.8, 4) is 22.6 Å². The summed E-state index contributed by atoms with van der Waals surface area (Å²) in [5.41, 5.74) is 3.69. The molecule has 30 heavy (non-hydrogen) atoms. The van der Waals surface area contributed by atoms with Crippen LogP contribution < -0.4 is 5.32 Å². The van der Waals surface area contributed by atoms with Gasteiger partial charge < -0.3 is 5.32 Å². The van der Waals surface area contributed by atoms with E-state index in [-0.39, 0.29) is 17.5 Å². The summed E-state index contributed by atoms with van der Waals surface area (Å²) in [4.78, 5) is 21.1. The highest BCUT2D eigenvalue weighted by Gasteiger charge is 2.11. The van der Waals surface area contributed by atoms with Gasteiger partial charge in [0.2, 0.25) is 11.1 Å². The predicted molar refractivity (Wildman–Crippen MR) is 118 cm³/mol. The van der Waals surface area contributed by atoms with E-state index < -0.39 is 0 Å². The molecular formula is C21H18FN5OS2. The van der Waals surface area contributed by atoms with Crippen molar-refractivity contribution in [3.05, 3.63) is 65.3 Å². The summed E-state index contributed by atoms with van der Waals surface area (Å²) in [6, 6.07) is 14.2. The molecule has 0 radical (unpaired) electrons. The first-order chi connectivity index (χ1) is 14.6. The van der Waals surface area contributed by atoms with Crippen molar-refractivity contribution in [2.75, 3.05) is 11.1 Å². The Morgan fingerprint density at radius 3 is 2.57 bits per heavy atom. The standard InChI is InChI=1S/C21H18FN5OS2/c1-2-13-3-5-15(6-4-13)19-25-21(27-26-19)30-12-18(28)24-20-23-17(11-29-20)14-7-9-16(22)10-8-14/h3-11H,2,12H2,1H3,(H,23,24,28)(H,25,26,27). The molecule has 2 aromatic heterocycles. The number of thiazole rings is 1. The van der Waals surface area contributed by atoms with Crippen LogP contribution in [0.15, 0.2) is 59.1 Å². The molecule has 0 atom stereocenters. The number of carbonyl (C=O) groups is 1. The van der Waals surface area contributed by atoms with E-state index in [9.17, 15) is 9.18 Å². The van der Waals surface area contributed by atoms with Crippen LogP contribution in [0.2, 0.25) is 0 Å². The zero-order chi connectivity index (χ0) is 20.9. The van der Waals surface area contributed by atoms with E-state index in [1.807, 2.05) is 17.5 Å². The Labute approximate surface area is 181 Å². The second-order valence-corrected chi connectivity index (χ2v) is 8.20. The van der Waals surface area contributed by atoms with Gasteiger partial charge in [-0.2, -0.15) is 0 Å². The second kappa shape index (κ2) is 9.19. The number of nitrogens with one attached hydrogen (secondary N) is 2. The van der Waals surface area contributed by atoms with Crippen molar-refractivity contribution >= 4 is 34.1 Å². The van der Waals surface area contributed by atoms with Crippen molar-refractivity contribution in [3.63, 3.8) is 0 Å². The van der Waals surface area contributed by atoms with Crippen LogP contribution in [0.4, 0.5) is 9.52 Å². The number of hydrogen-bond acceptors (Lipinski definition) is 6. The van der Waals surface area contributed by atoms with Crippen LogP contribution in [0, 0.1) is 5.82 Å². The lowest BCUT2D eigenvalue weighted by atomic mass is 10.1. The average molecular weight is 440 g/mol. The molecule has 0 aliphatic carbocycles. The largest absolute Gasteiger partial charge is 0.301 e. The molecular weight excluding hydrogens is 421 g/mol. The molecule has 0 aliphatic rings. The molecule has 0 fully saturated rings. The van der Waals surface area contributed by atoms with E-state index in [4.69, 9.17) is 0 Å². The monoisotopic (exact) mass is 439 g/mol. The number of thioether (sulfide) groups is 1. The number of benzene rings is 2. The second-order valence-electron chi connectivity index (χ2n) is 6.40. The van der Waals surface area contributed by atoms with E-state index >= 15 is 0 Å². The van der Waals surface area contributed by atoms with E-state index in [0.717, 1.165) is 17.5 Å². The van der Waals surface area contributed by atoms with Crippen molar-refractivity contribution in [2.24, 2.45) is 0 Å². The lowest BCUT2D eigenvalue weighted by Gasteiger charge is -2.00. The number of H-pyrrole nitrogens is 1. The number of aromatic nitrogens is 4. The van der Waals surface area contributed by atoms with Gasteiger partial charge in [0.05, 0.1) is 11.4 Å². The summed E-state index contributed by atoms with van der Waals surface area (Å²) in [6.07, 6.45) is 0.984. The lowest BCUT2D eigenvalue weighted by Crippen LogP contribution is -2.13. The maximum absolute atomic E-state index is 13.0. The first-order valence-corrected chi connectivity index (χ1v) is 11.1. The molecule has 0 unspecified atom stereocenters. The van der Waals surface area contributed by atoms with Gasteiger partial charge >= 0.3 is 0 Å². The molecule has 152 valence electrons. The van der Waals surface area contributed by atoms with Gasteiger partial charge in [-0.1, -0.05) is 43.0 Å². The predicted octanol–water partition coefficient (Wildman–Crippen LogP) is 5.03. The Balaban J connectivity index is 1.32. The maximum Gasteiger partial charge on any atom is 0.236 e. The summed E-state index contributed by atoms with van der Waals surface area (Å²) in [6.45, 7) is 2.11. The topological polar surface area (TPSA) is 83.6 Å². The highest BCUT2D eigenvalue weighted by molar-refractivity contribution is 7.99. The van der Waals surface area contributed by atoms with Crippen LogP contribution in [-0.2, 0) is 11.2 Å². The maximum atomic E-state index is 13.0. The van der Waals surface area contributed by atoms with Crippen molar-refractivity contribution in [2.45, 2.75) is 18.5 Å². The number of halogens is 1. The summed E-state index contributed by atoms with van der Waals surface area (Å²) in [7, 11) is 0. The SMILES string of the molecule is CCc1ccc(-c2nc(SCC(=O)Nc3nc(-c4ccc(F)cc4)cs3)n[nH]2)cc1. The number of aryl methyl sites for hydroxylation is 1. The average Bonchev–Trinajstić information content (AvgIpc) is 3.43. The van der Waals surface area contributed by atoms with Crippen molar-refractivity contribution in [1.82, 2.24) is 20.2 Å². The summed E-state index contributed by atoms with van der Waals surface area (Å²) >= 11 is 2.56. The number of amides is 1. The number of aromatic amines is 1. The number of carbonyl (C=O) groups excluding carboxylic acids is 1. The fourth-order valence-electron chi connectivity index (χ4n) is 2.71. The smallest absolute Gasteiger partial charge is 0.236 e. The number of nitrogens with zero attached hydrogens (tertiary/aromatic N) is 3. The van der Waals surface area contributed by atoms with Crippen LogP contribution in [0.5, 0.6) is 0 Å². The lowest BCUT2D eigenvalue weighted by molar-refractivity contribution is -0.113. The Morgan fingerprint density at radius 1 is 1.10 bits per heavy atom. The Morgan fingerprint density at radius 2 is 1.83 bits per heavy atom. The van der Waals surface area contributed by atoms with Gasteiger partial charge in [0.1, 0.15) is 5.82 Å². The van der Waals surface area contributed by atoms with Gasteiger partial charge in [-0.3, -0.25) is 9.89 Å². The van der Waals surface area contributed by atoms with Crippen molar-refractivity contribution < 1.29 is 9.18 Å². The third kappa shape index (κ3) is 4.92. The first-order valence-electron chi connectivity index (χ1n) is 9.26. The third-order valence-electron chi connectivity index (χ3n) is 4.32. The fourth-order valence-corrected chi connectivity index (χ4v) is 4.04. The molecule has 0 saturated heterocycles. The number of hydrogen-bond donors (Lipinski definition) is 2. The van der Waals surface area contributed by atoms with Crippen LogP contribution in [0.1, 0.15) is 12.5 Å². The zero-order valence-electron chi connectivity index (χ0n) is 16.1. The first kappa shape index (κ1) is 20.2. The molecule has 2 aromatic carbocycles. The minimum Gasteiger partial charge on any atom is -0.301 e. The molecule has 4 aromatic rings. The molecule has 1 amide bonds. The molecule has 2 N–H and O–H groups in total. The number of rotatable bonds is 7. The van der Waals surface area contributed by atoms with Crippen LogP contribution >= 0.6 is 23.1 Å². The van der Waals surface area contributed by atoms with Gasteiger partial charge in [0.25, 0.3) is 0 Å². The van der Waals surface area contributed by atoms with E-state index in [2.05, 4.69) is 44.5 Å². The minimum absolute atomic E-state index is 0.164. The Kier molecular flexibility index (Phi) is 6.20. The molecule has 2 heterocycles. The van der Waals surface area contributed by atoms with E-state index in [1.165, 1.54) is 40.8 Å². The highest BCUT2D eigenvalue weighted by Crippen LogP contribution is 2.25. The van der Waals surface area contributed by atoms with E-state index in [1.54, 1.807) is 12.1 Å². The fraction of sp³-hybridized carbons (Fsp3) is 0.143. The summed E-state index contributed by atoms with van der Waals surface area (Å²) in [5, 5.41) is 12.7. The van der Waals surface area contributed by atoms with Crippen LogP contribution in [0.3, 0.4) is 0 Å². The Bertz CT molecular complexity index is 1140. The quantitative estimate of drug-likeness (QED) is 0.395. The molecule has 6 nitrogen and oxygen atoms in total. The van der Waals surface area contributed by atoms with Gasteiger partial charge in [-0.25, -0.2) is 14.4 Å². The van der Waals surface area contributed by atoms with Crippen LogP contribution in [-0.4, -0.2) is 31.8 Å². The summed E-state index contributed by atoms with van der Waals surface area (Å²) in [5.74, 6) is 0.341. The van der Waals surface area contributed by atoms with E-state index in [0.29, 0.717) is 21.8 Å². The van der Waals surface area contributed by atoms with Gasteiger partial charge in [-0.15, -0.1) is 16.4 Å². The molecule has 9 heteroatoms.